The van der Waals surface area contributed by atoms with Crippen LogP contribution >= 0.6 is 15.9 Å². The molecule has 3 N–H and O–H groups in total. The number of nitrogens with zero attached hydrogens (tertiary/aromatic N) is 2. The van der Waals surface area contributed by atoms with Gasteiger partial charge in [-0.1, -0.05) is 15.9 Å². The second-order valence-electron chi connectivity index (χ2n) is 5.02. The van der Waals surface area contributed by atoms with Gasteiger partial charge in [0.2, 0.25) is 0 Å². The van der Waals surface area contributed by atoms with E-state index in [0.29, 0.717) is 5.69 Å². The maximum absolute atomic E-state index is 12.0. The van der Waals surface area contributed by atoms with Crippen LogP contribution in [0.1, 0.15) is 13.8 Å². The minimum Gasteiger partial charge on any atom is -0.382 e. The van der Waals surface area contributed by atoms with E-state index in [0.717, 1.165) is 10.7 Å². The third-order valence-electron chi connectivity index (χ3n) is 2.74. The van der Waals surface area contributed by atoms with E-state index in [1.807, 2.05) is 26.0 Å². The van der Waals surface area contributed by atoms with Gasteiger partial charge in [-0.2, -0.15) is 0 Å². The van der Waals surface area contributed by atoms with Gasteiger partial charge in [-0.3, -0.25) is 0 Å². The van der Waals surface area contributed by atoms with Crippen LogP contribution in [0.5, 0.6) is 0 Å². The Balaban J connectivity index is 2.64. The fraction of sp³-hybridized carbons (Fsp3) is 0.308. The maximum atomic E-state index is 12.0. The highest BCUT2D eigenvalue weighted by Gasteiger charge is 2.25. The molecule has 0 saturated carbocycles. The molecule has 0 unspecified atom stereocenters. The summed E-state index contributed by atoms with van der Waals surface area (Å²) in [6, 6.07) is 7.33. The number of halogens is 1. The number of aromatic nitrogens is 2. The van der Waals surface area contributed by atoms with E-state index >= 15 is 0 Å². The molecular weight excluding hydrogens is 356 g/mol. The van der Waals surface area contributed by atoms with Crippen molar-refractivity contribution < 1.29 is 8.42 Å². The van der Waals surface area contributed by atoms with Gasteiger partial charge in [-0.25, -0.2) is 13.1 Å². The topological polar surface area (TPSA) is 90.0 Å². The van der Waals surface area contributed by atoms with Crippen molar-refractivity contribution in [3.8, 4) is 5.69 Å². The van der Waals surface area contributed by atoms with Gasteiger partial charge in [0.1, 0.15) is 5.82 Å². The van der Waals surface area contributed by atoms with Crippen LogP contribution < -0.4 is 11.1 Å². The van der Waals surface area contributed by atoms with E-state index in [9.17, 15) is 8.42 Å². The summed E-state index contributed by atoms with van der Waals surface area (Å²) < 4.78 is 26.3. The van der Waals surface area contributed by atoms with E-state index < -0.39 is 9.84 Å². The zero-order valence-corrected chi connectivity index (χ0v) is 14.4. The first kappa shape index (κ1) is 15.8. The van der Waals surface area contributed by atoms with Gasteiger partial charge in [-0.05, 0) is 38.1 Å². The van der Waals surface area contributed by atoms with Gasteiger partial charge in [-0.15, -0.1) is 5.10 Å². The molecule has 8 heteroatoms. The van der Waals surface area contributed by atoms with Crippen molar-refractivity contribution in [1.82, 2.24) is 9.78 Å². The SMILES string of the molecule is CC(C)Nc1nn(-c2ccc(Br)cc2)c(N)c1S(C)(=O)=O. The summed E-state index contributed by atoms with van der Waals surface area (Å²) in [4.78, 5) is 0.0270. The first-order valence-electron chi connectivity index (χ1n) is 6.31. The molecule has 1 heterocycles. The largest absolute Gasteiger partial charge is 0.382 e. The number of rotatable bonds is 4. The van der Waals surface area contributed by atoms with Crippen molar-refractivity contribution in [2.75, 3.05) is 17.3 Å². The van der Waals surface area contributed by atoms with Gasteiger partial charge in [0.25, 0.3) is 0 Å². The maximum Gasteiger partial charge on any atom is 0.182 e. The van der Waals surface area contributed by atoms with Crippen LogP contribution in [0.15, 0.2) is 33.6 Å². The van der Waals surface area contributed by atoms with Crippen molar-refractivity contribution in [3.63, 3.8) is 0 Å². The molecule has 0 aliphatic carbocycles. The Morgan fingerprint density at radius 1 is 1.29 bits per heavy atom. The third-order valence-corrected chi connectivity index (χ3v) is 4.42. The first-order chi connectivity index (χ1) is 9.70. The Bertz CT molecular complexity index is 751. The first-order valence-corrected chi connectivity index (χ1v) is 8.99. The third kappa shape index (κ3) is 3.38. The van der Waals surface area contributed by atoms with Crippen LogP contribution in [0.4, 0.5) is 11.6 Å². The molecule has 0 spiro atoms. The lowest BCUT2D eigenvalue weighted by Crippen LogP contribution is -2.13. The predicted octanol–water partition coefficient (Wildman–Crippen LogP) is 2.44. The molecule has 0 saturated heterocycles. The zero-order chi connectivity index (χ0) is 15.8. The molecule has 2 rings (SSSR count). The Kier molecular flexibility index (Phi) is 4.29. The highest BCUT2D eigenvalue weighted by Crippen LogP contribution is 2.30. The minimum absolute atomic E-state index is 0.0270. The van der Waals surface area contributed by atoms with Crippen molar-refractivity contribution in [2.24, 2.45) is 0 Å². The van der Waals surface area contributed by atoms with Crippen LogP contribution in [-0.4, -0.2) is 30.5 Å². The molecule has 0 atom stereocenters. The number of sulfone groups is 1. The van der Waals surface area contributed by atoms with Crippen molar-refractivity contribution in [2.45, 2.75) is 24.8 Å². The summed E-state index contributed by atoms with van der Waals surface area (Å²) in [5.41, 5.74) is 6.70. The standard InChI is InChI=1S/C13H17BrN4O2S/c1-8(2)16-13-11(21(3,19)20)12(15)18(17-13)10-6-4-9(14)5-7-10/h4-8H,15H2,1-3H3,(H,16,17). The number of nitrogens with two attached hydrogens (primary N) is 1. The number of anilines is 2. The fourth-order valence-corrected chi connectivity index (χ4v) is 3.11. The van der Waals surface area contributed by atoms with Crippen LogP contribution in [0.2, 0.25) is 0 Å². The van der Waals surface area contributed by atoms with Crippen molar-refractivity contribution >= 4 is 37.4 Å². The molecule has 2 aromatic rings. The zero-order valence-electron chi connectivity index (χ0n) is 12.0. The van der Waals surface area contributed by atoms with Gasteiger partial charge >= 0.3 is 0 Å². The lowest BCUT2D eigenvalue weighted by atomic mass is 10.3. The van der Waals surface area contributed by atoms with Gasteiger partial charge < -0.3 is 11.1 Å². The highest BCUT2D eigenvalue weighted by molar-refractivity contribution is 9.10. The molecule has 0 bridgehead atoms. The number of hydrogen-bond acceptors (Lipinski definition) is 5. The summed E-state index contributed by atoms with van der Waals surface area (Å²) in [6.45, 7) is 3.81. The second kappa shape index (κ2) is 5.69. The summed E-state index contributed by atoms with van der Waals surface area (Å²) in [5.74, 6) is 0.371. The molecule has 21 heavy (non-hydrogen) atoms. The summed E-state index contributed by atoms with van der Waals surface area (Å²) in [5, 5.41) is 7.32. The number of hydrogen-bond donors (Lipinski definition) is 2. The Hall–Kier alpha value is -1.54. The van der Waals surface area contributed by atoms with Crippen LogP contribution in [0, 0.1) is 0 Å². The number of nitrogen functional groups attached to an aromatic ring is 1. The molecule has 1 aromatic heterocycles. The normalized spacial score (nSPS) is 11.9. The smallest absolute Gasteiger partial charge is 0.182 e. The molecular formula is C13H17BrN4O2S. The van der Waals surface area contributed by atoms with Crippen molar-refractivity contribution in [3.05, 3.63) is 28.7 Å². The lowest BCUT2D eigenvalue weighted by molar-refractivity contribution is 0.602. The lowest BCUT2D eigenvalue weighted by Gasteiger charge is -2.07. The molecule has 0 radical (unpaired) electrons. The van der Waals surface area contributed by atoms with E-state index in [-0.39, 0.29) is 22.6 Å². The van der Waals surface area contributed by atoms with E-state index in [1.54, 1.807) is 12.1 Å². The van der Waals surface area contributed by atoms with E-state index in [1.165, 1.54) is 4.68 Å². The highest BCUT2D eigenvalue weighted by atomic mass is 79.9. The molecule has 0 amide bonds. The molecule has 1 aromatic carbocycles. The second-order valence-corrected chi connectivity index (χ2v) is 7.89. The molecule has 0 fully saturated rings. The summed E-state index contributed by atoms with van der Waals surface area (Å²) >= 11 is 3.35. The van der Waals surface area contributed by atoms with Gasteiger partial charge in [0.05, 0.1) is 5.69 Å². The van der Waals surface area contributed by atoms with Gasteiger partial charge in [0, 0.05) is 16.8 Å². The molecule has 114 valence electrons. The average Bonchev–Trinajstić information content (AvgIpc) is 2.66. The minimum atomic E-state index is -3.49. The van der Waals surface area contributed by atoms with Crippen molar-refractivity contribution in [1.29, 1.82) is 0 Å². The summed E-state index contributed by atoms with van der Waals surface area (Å²) in [6.07, 6.45) is 1.12. The quantitative estimate of drug-likeness (QED) is 0.859. The molecule has 6 nitrogen and oxygen atoms in total. The molecule has 0 aliphatic heterocycles. The number of nitrogens with one attached hydrogen (secondary N) is 1. The van der Waals surface area contributed by atoms with E-state index in [2.05, 4.69) is 26.3 Å². The van der Waals surface area contributed by atoms with Crippen LogP contribution in [-0.2, 0) is 9.84 Å². The Morgan fingerprint density at radius 3 is 2.33 bits per heavy atom. The summed E-state index contributed by atoms with van der Waals surface area (Å²) in [7, 11) is -3.49. The molecule has 0 aliphatic rings. The average molecular weight is 373 g/mol. The van der Waals surface area contributed by atoms with E-state index in [4.69, 9.17) is 5.73 Å². The monoisotopic (exact) mass is 372 g/mol. The Morgan fingerprint density at radius 2 is 1.86 bits per heavy atom. The fourth-order valence-electron chi connectivity index (χ4n) is 1.93. The number of benzene rings is 1. The van der Waals surface area contributed by atoms with Crippen LogP contribution in [0.25, 0.3) is 5.69 Å². The van der Waals surface area contributed by atoms with Crippen LogP contribution in [0.3, 0.4) is 0 Å². The predicted molar refractivity (Wildman–Crippen MR) is 87.5 cm³/mol. The van der Waals surface area contributed by atoms with Gasteiger partial charge in [0.15, 0.2) is 20.6 Å². The Labute approximate surface area is 132 Å².